The fourth-order valence-electron chi connectivity index (χ4n) is 1.86. The monoisotopic (exact) mass is 172 g/mol. The summed E-state index contributed by atoms with van der Waals surface area (Å²) < 4.78 is 0. The summed E-state index contributed by atoms with van der Waals surface area (Å²) in [5.74, 6) is 0. The van der Waals surface area contributed by atoms with Gasteiger partial charge in [-0.15, -0.1) is 0 Å². The standard InChI is InChI=1S/C11H12N2/c1-2-9(10-4-6-12-10)7-11-8(1)3-5-13-11/h1-3,5,7,10,12-13H,4,6H2. The summed E-state index contributed by atoms with van der Waals surface area (Å²) in [5.41, 5.74) is 2.65. The lowest BCUT2D eigenvalue weighted by Crippen LogP contribution is -2.34. The van der Waals surface area contributed by atoms with Gasteiger partial charge in [-0.25, -0.2) is 0 Å². The summed E-state index contributed by atoms with van der Waals surface area (Å²) in [5, 5.41) is 4.70. The third-order valence-corrected chi connectivity index (χ3v) is 2.81. The van der Waals surface area contributed by atoms with Crippen molar-refractivity contribution in [2.45, 2.75) is 12.5 Å². The smallest absolute Gasteiger partial charge is 0.0457 e. The van der Waals surface area contributed by atoms with Gasteiger partial charge >= 0.3 is 0 Å². The Labute approximate surface area is 77.0 Å². The molecule has 0 bridgehead atoms. The molecule has 1 unspecified atom stereocenters. The number of benzene rings is 1. The maximum atomic E-state index is 3.40. The third kappa shape index (κ3) is 1.06. The summed E-state index contributed by atoms with van der Waals surface area (Å²) in [6, 6.07) is 9.33. The molecule has 1 fully saturated rings. The van der Waals surface area contributed by atoms with E-state index in [1.54, 1.807) is 0 Å². The Morgan fingerprint density at radius 3 is 2.92 bits per heavy atom. The number of hydrogen-bond acceptors (Lipinski definition) is 1. The highest BCUT2D eigenvalue weighted by Crippen LogP contribution is 2.25. The summed E-state index contributed by atoms with van der Waals surface area (Å²) in [7, 11) is 0. The van der Waals surface area contributed by atoms with E-state index in [0.717, 1.165) is 6.54 Å². The highest BCUT2D eigenvalue weighted by Gasteiger charge is 2.18. The molecule has 1 atom stereocenters. The predicted octanol–water partition coefficient (Wildman–Crippen LogP) is 2.20. The van der Waals surface area contributed by atoms with E-state index in [1.807, 2.05) is 6.20 Å². The van der Waals surface area contributed by atoms with Crippen molar-refractivity contribution in [3.8, 4) is 0 Å². The van der Waals surface area contributed by atoms with Crippen LogP contribution in [0.3, 0.4) is 0 Å². The second-order valence-corrected chi connectivity index (χ2v) is 3.62. The van der Waals surface area contributed by atoms with Crippen LogP contribution in [0.1, 0.15) is 18.0 Å². The molecule has 1 aromatic carbocycles. The molecule has 66 valence electrons. The first-order valence-electron chi connectivity index (χ1n) is 4.74. The molecule has 13 heavy (non-hydrogen) atoms. The summed E-state index contributed by atoms with van der Waals surface area (Å²) in [6.45, 7) is 1.16. The van der Waals surface area contributed by atoms with Gasteiger partial charge in [-0.05, 0) is 36.0 Å². The summed E-state index contributed by atoms with van der Waals surface area (Å²) >= 11 is 0. The molecule has 2 nitrogen and oxygen atoms in total. The van der Waals surface area contributed by atoms with Gasteiger partial charge in [0, 0.05) is 17.8 Å². The van der Waals surface area contributed by atoms with E-state index in [2.05, 4.69) is 34.6 Å². The van der Waals surface area contributed by atoms with Crippen molar-refractivity contribution >= 4 is 10.9 Å². The van der Waals surface area contributed by atoms with Gasteiger partial charge in [0.25, 0.3) is 0 Å². The molecule has 2 heteroatoms. The van der Waals surface area contributed by atoms with E-state index in [4.69, 9.17) is 0 Å². The van der Waals surface area contributed by atoms with Gasteiger partial charge < -0.3 is 10.3 Å². The normalized spacial score (nSPS) is 21.7. The highest BCUT2D eigenvalue weighted by atomic mass is 15.0. The Bertz CT molecular complexity index is 426. The molecular formula is C11H12N2. The molecule has 3 rings (SSSR count). The van der Waals surface area contributed by atoms with Crippen molar-refractivity contribution in [2.75, 3.05) is 6.54 Å². The SMILES string of the molecule is c1cc2ccc(C3CCN3)cc2[nH]1. The van der Waals surface area contributed by atoms with Crippen molar-refractivity contribution in [2.24, 2.45) is 0 Å². The number of H-pyrrole nitrogens is 1. The van der Waals surface area contributed by atoms with Crippen LogP contribution >= 0.6 is 0 Å². The highest BCUT2D eigenvalue weighted by molar-refractivity contribution is 5.80. The molecule has 2 heterocycles. The van der Waals surface area contributed by atoms with Gasteiger partial charge in [-0.1, -0.05) is 12.1 Å². The first-order chi connectivity index (χ1) is 6.43. The topological polar surface area (TPSA) is 27.8 Å². The number of fused-ring (bicyclic) bond motifs is 1. The van der Waals surface area contributed by atoms with Crippen LogP contribution < -0.4 is 5.32 Å². The van der Waals surface area contributed by atoms with Crippen molar-refractivity contribution in [1.82, 2.24) is 10.3 Å². The molecule has 0 radical (unpaired) electrons. The largest absolute Gasteiger partial charge is 0.361 e. The predicted molar refractivity (Wildman–Crippen MR) is 53.7 cm³/mol. The third-order valence-electron chi connectivity index (χ3n) is 2.81. The molecule has 0 spiro atoms. The van der Waals surface area contributed by atoms with E-state index >= 15 is 0 Å². The molecule has 1 aliphatic heterocycles. The molecule has 2 aromatic rings. The van der Waals surface area contributed by atoms with E-state index in [1.165, 1.54) is 22.9 Å². The zero-order chi connectivity index (χ0) is 8.67. The van der Waals surface area contributed by atoms with Gasteiger partial charge in [0.05, 0.1) is 0 Å². The van der Waals surface area contributed by atoms with Crippen LogP contribution in [0.2, 0.25) is 0 Å². The van der Waals surface area contributed by atoms with Gasteiger partial charge in [0.1, 0.15) is 0 Å². The number of rotatable bonds is 1. The van der Waals surface area contributed by atoms with Crippen LogP contribution in [0.4, 0.5) is 0 Å². The van der Waals surface area contributed by atoms with Crippen molar-refractivity contribution < 1.29 is 0 Å². The zero-order valence-electron chi connectivity index (χ0n) is 7.38. The number of hydrogen-bond donors (Lipinski definition) is 2. The van der Waals surface area contributed by atoms with Crippen molar-refractivity contribution in [3.63, 3.8) is 0 Å². The minimum absolute atomic E-state index is 0.590. The quantitative estimate of drug-likeness (QED) is 0.678. The van der Waals surface area contributed by atoms with Crippen LogP contribution in [0.25, 0.3) is 10.9 Å². The van der Waals surface area contributed by atoms with E-state index in [-0.39, 0.29) is 0 Å². The summed E-state index contributed by atoms with van der Waals surface area (Å²) in [4.78, 5) is 3.24. The van der Waals surface area contributed by atoms with Crippen LogP contribution in [0.5, 0.6) is 0 Å². The molecule has 1 aromatic heterocycles. The van der Waals surface area contributed by atoms with Crippen molar-refractivity contribution in [1.29, 1.82) is 0 Å². The molecule has 0 aliphatic carbocycles. The Morgan fingerprint density at radius 2 is 2.15 bits per heavy atom. The molecule has 2 N–H and O–H groups in total. The van der Waals surface area contributed by atoms with E-state index in [0.29, 0.717) is 6.04 Å². The molecule has 1 aliphatic rings. The lowest BCUT2D eigenvalue weighted by molar-refractivity contribution is 0.383. The van der Waals surface area contributed by atoms with Gasteiger partial charge in [-0.3, -0.25) is 0 Å². The number of nitrogens with one attached hydrogen (secondary N) is 2. The Morgan fingerprint density at radius 1 is 1.23 bits per heavy atom. The van der Waals surface area contributed by atoms with Gasteiger partial charge in [-0.2, -0.15) is 0 Å². The minimum Gasteiger partial charge on any atom is -0.361 e. The maximum absolute atomic E-state index is 3.40. The Balaban J connectivity index is 2.09. The lowest BCUT2D eigenvalue weighted by atomic mass is 9.97. The van der Waals surface area contributed by atoms with E-state index < -0.39 is 0 Å². The Hall–Kier alpha value is -1.28. The molecule has 0 amide bonds. The first kappa shape index (κ1) is 7.15. The fourth-order valence-corrected chi connectivity index (χ4v) is 1.86. The first-order valence-corrected chi connectivity index (χ1v) is 4.74. The van der Waals surface area contributed by atoms with E-state index in [9.17, 15) is 0 Å². The van der Waals surface area contributed by atoms with Crippen LogP contribution in [-0.4, -0.2) is 11.5 Å². The van der Waals surface area contributed by atoms with Crippen molar-refractivity contribution in [3.05, 3.63) is 36.0 Å². The fraction of sp³-hybridized carbons (Fsp3) is 0.273. The average Bonchev–Trinajstić information content (AvgIpc) is 2.47. The second kappa shape index (κ2) is 2.60. The van der Waals surface area contributed by atoms with Crippen LogP contribution in [0, 0.1) is 0 Å². The van der Waals surface area contributed by atoms with Crippen LogP contribution in [-0.2, 0) is 0 Å². The maximum Gasteiger partial charge on any atom is 0.0457 e. The molecular weight excluding hydrogens is 160 g/mol. The lowest BCUT2D eigenvalue weighted by Gasteiger charge is -2.27. The minimum atomic E-state index is 0.590. The second-order valence-electron chi connectivity index (χ2n) is 3.62. The average molecular weight is 172 g/mol. The summed E-state index contributed by atoms with van der Waals surface area (Å²) in [6.07, 6.45) is 3.26. The van der Waals surface area contributed by atoms with Crippen LogP contribution in [0.15, 0.2) is 30.5 Å². The molecule has 1 saturated heterocycles. The van der Waals surface area contributed by atoms with Gasteiger partial charge in [0.15, 0.2) is 0 Å². The molecule has 0 saturated carbocycles. The number of aromatic nitrogens is 1. The van der Waals surface area contributed by atoms with Gasteiger partial charge in [0.2, 0.25) is 0 Å². The number of aromatic amines is 1. The zero-order valence-corrected chi connectivity index (χ0v) is 7.38. The Kier molecular flexibility index (Phi) is 1.43.